The zero-order valence-corrected chi connectivity index (χ0v) is 17.6. The number of thiophene rings is 1. The van der Waals surface area contributed by atoms with E-state index >= 15 is 0 Å². The second-order valence-electron chi connectivity index (χ2n) is 6.68. The summed E-state index contributed by atoms with van der Waals surface area (Å²) in [5, 5.41) is 19.7. The maximum absolute atomic E-state index is 13.3. The number of esters is 1. The number of hydrogen-bond donors (Lipinski definition) is 1. The Hall–Kier alpha value is -4.38. The van der Waals surface area contributed by atoms with Crippen LogP contribution in [-0.2, 0) is 9.53 Å². The summed E-state index contributed by atoms with van der Waals surface area (Å²) in [6, 6.07) is 16.9. The van der Waals surface area contributed by atoms with Crippen LogP contribution >= 0.6 is 11.3 Å². The number of anilines is 1. The Balaban J connectivity index is 1.52. The minimum Gasteiger partial charge on any atom is -0.451 e. The number of carbonyl (C=O) groups excluding carboxylic acids is 2. The number of nitro benzene ring substituents is 1. The van der Waals surface area contributed by atoms with Crippen molar-refractivity contribution < 1.29 is 23.6 Å². The Morgan fingerprint density at radius 1 is 1.12 bits per heavy atom. The van der Waals surface area contributed by atoms with Crippen LogP contribution in [0.3, 0.4) is 0 Å². The molecule has 0 saturated heterocycles. The third-order valence-electron chi connectivity index (χ3n) is 4.46. The van der Waals surface area contributed by atoms with Gasteiger partial charge in [0.2, 0.25) is 0 Å². The lowest BCUT2D eigenvalue weighted by atomic mass is 10.2. The summed E-state index contributed by atoms with van der Waals surface area (Å²) in [6.07, 6.45) is 0. The largest absolute Gasteiger partial charge is 0.451 e. The van der Waals surface area contributed by atoms with Crippen LogP contribution in [0, 0.1) is 15.9 Å². The van der Waals surface area contributed by atoms with Crippen molar-refractivity contribution in [1.29, 1.82) is 0 Å². The Morgan fingerprint density at radius 3 is 2.61 bits per heavy atom. The third-order valence-corrected chi connectivity index (χ3v) is 5.35. The fraction of sp³-hybridized carbons (Fsp3) is 0.0455. The molecular formula is C22H15FN4O5S. The molecule has 0 saturated carbocycles. The van der Waals surface area contributed by atoms with Gasteiger partial charge in [-0.1, -0.05) is 24.3 Å². The van der Waals surface area contributed by atoms with Crippen LogP contribution in [0.25, 0.3) is 16.3 Å². The van der Waals surface area contributed by atoms with Crippen LogP contribution in [0.2, 0.25) is 0 Å². The Bertz CT molecular complexity index is 1320. The first-order valence-electron chi connectivity index (χ1n) is 9.52. The van der Waals surface area contributed by atoms with E-state index in [0.29, 0.717) is 17.4 Å². The number of nitrogens with one attached hydrogen (secondary N) is 1. The minimum absolute atomic E-state index is 0.102. The van der Waals surface area contributed by atoms with E-state index in [4.69, 9.17) is 4.74 Å². The summed E-state index contributed by atoms with van der Waals surface area (Å²) < 4.78 is 19.8. The normalized spacial score (nSPS) is 10.6. The van der Waals surface area contributed by atoms with Crippen LogP contribution < -0.4 is 5.32 Å². The molecule has 11 heteroatoms. The molecule has 0 radical (unpaired) electrons. The quantitative estimate of drug-likeness (QED) is 0.244. The molecule has 2 aromatic heterocycles. The molecule has 0 aliphatic rings. The van der Waals surface area contributed by atoms with Gasteiger partial charge in [0.05, 0.1) is 21.6 Å². The molecule has 1 N–H and O–H groups in total. The van der Waals surface area contributed by atoms with Crippen molar-refractivity contribution in [1.82, 2.24) is 9.78 Å². The van der Waals surface area contributed by atoms with Crippen molar-refractivity contribution in [3.8, 4) is 16.3 Å². The van der Waals surface area contributed by atoms with E-state index < -0.39 is 34.9 Å². The second-order valence-corrected chi connectivity index (χ2v) is 7.63. The molecule has 2 heterocycles. The van der Waals surface area contributed by atoms with Crippen molar-refractivity contribution in [2.75, 3.05) is 11.9 Å². The summed E-state index contributed by atoms with van der Waals surface area (Å²) >= 11 is 1.46. The highest BCUT2D eigenvalue weighted by molar-refractivity contribution is 7.13. The van der Waals surface area contributed by atoms with Crippen LogP contribution in [-0.4, -0.2) is 33.2 Å². The first-order valence-corrected chi connectivity index (χ1v) is 10.4. The molecule has 0 aliphatic carbocycles. The second kappa shape index (κ2) is 9.40. The number of amides is 1. The summed E-state index contributed by atoms with van der Waals surface area (Å²) in [5.41, 5.74) is 0.463. The lowest BCUT2D eigenvalue weighted by Crippen LogP contribution is -2.22. The van der Waals surface area contributed by atoms with Gasteiger partial charge in [0.1, 0.15) is 17.2 Å². The zero-order valence-electron chi connectivity index (χ0n) is 16.8. The van der Waals surface area contributed by atoms with Crippen molar-refractivity contribution in [2.24, 2.45) is 0 Å². The topological polar surface area (TPSA) is 116 Å². The standard InChI is InChI=1S/C22H15FN4O5S/c23-14-8-9-16(18(11-14)27(30)31)24-21(28)13-32-22(29)19-12-17(20-7-4-10-33-20)25-26(19)15-5-2-1-3-6-15/h1-12H,13H2,(H,24,28). The molecule has 2 aromatic carbocycles. The van der Waals surface area contributed by atoms with Crippen LogP contribution in [0.1, 0.15) is 10.5 Å². The molecule has 33 heavy (non-hydrogen) atoms. The van der Waals surface area contributed by atoms with E-state index in [1.54, 1.807) is 30.3 Å². The zero-order chi connectivity index (χ0) is 23.4. The lowest BCUT2D eigenvalue weighted by Gasteiger charge is -2.09. The first-order chi connectivity index (χ1) is 15.9. The maximum atomic E-state index is 13.3. The molecule has 0 aliphatic heterocycles. The van der Waals surface area contributed by atoms with Gasteiger partial charge >= 0.3 is 5.97 Å². The highest BCUT2D eigenvalue weighted by Crippen LogP contribution is 2.27. The summed E-state index contributed by atoms with van der Waals surface area (Å²) in [6.45, 7) is -0.707. The smallest absolute Gasteiger partial charge is 0.357 e. The number of ether oxygens (including phenoxy) is 1. The third kappa shape index (κ3) is 4.93. The molecule has 1 amide bonds. The van der Waals surface area contributed by atoms with Crippen molar-refractivity contribution in [3.05, 3.63) is 93.7 Å². The summed E-state index contributed by atoms with van der Waals surface area (Å²) in [5.74, 6) is -2.44. The number of rotatable bonds is 7. The van der Waals surface area contributed by atoms with Gasteiger partial charge in [-0.3, -0.25) is 14.9 Å². The van der Waals surface area contributed by atoms with Crippen LogP contribution in [0.5, 0.6) is 0 Å². The van der Waals surface area contributed by atoms with E-state index in [9.17, 15) is 24.1 Å². The van der Waals surface area contributed by atoms with Gasteiger partial charge < -0.3 is 10.1 Å². The van der Waals surface area contributed by atoms with Crippen LogP contribution in [0.4, 0.5) is 15.8 Å². The number of nitrogens with zero attached hydrogens (tertiary/aromatic N) is 3. The first kappa shape index (κ1) is 21.8. The number of hydrogen-bond acceptors (Lipinski definition) is 7. The molecule has 0 atom stereocenters. The van der Waals surface area contributed by atoms with Gasteiger partial charge in [-0.05, 0) is 35.7 Å². The summed E-state index contributed by atoms with van der Waals surface area (Å²) in [7, 11) is 0. The molecule has 0 spiro atoms. The number of nitro groups is 1. The van der Waals surface area contributed by atoms with Gasteiger partial charge in [0.25, 0.3) is 11.6 Å². The van der Waals surface area contributed by atoms with Crippen LogP contribution in [0.15, 0.2) is 72.1 Å². The fourth-order valence-electron chi connectivity index (χ4n) is 2.99. The van der Waals surface area contributed by atoms with E-state index in [0.717, 1.165) is 17.0 Å². The molecule has 9 nitrogen and oxygen atoms in total. The number of carbonyl (C=O) groups is 2. The van der Waals surface area contributed by atoms with Gasteiger partial charge in [-0.2, -0.15) is 5.10 Å². The summed E-state index contributed by atoms with van der Waals surface area (Å²) in [4.78, 5) is 36.1. The van der Waals surface area contributed by atoms with Crippen molar-refractivity contribution in [2.45, 2.75) is 0 Å². The van der Waals surface area contributed by atoms with E-state index in [1.165, 1.54) is 16.0 Å². The molecule has 4 aromatic rings. The number of aromatic nitrogens is 2. The number of halogens is 1. The SMILES string of the molecule is O=C(COC(=O)c1cc(-c2cccs2)nn1-c1ccccc1)Nc1ccc(F)cc1[N+](=O)[O-]. The average molecular weight is 466 g/mol. The maximum Gasteiger partial charge on any atom is 0.357 e. The van der Waals surface area contributed by atoms with Gasteiger partial charge in [-0.25, -0.2) is 13.9 Å². The minimum atomic E-state index is -0.824. The Labute approximate surface area is 190 Å². The monoisotopic (exact) mass is 466 g/mol. The van der Waals surface area contributed by atoms with Gasteiger partial charge in [0.15, 0.2) is 12.3 Å². The molecule has 166 valence electrons. The molecule has 0 fully saturated rings. The lowest BCUT2D eigenvalue weighted by molar-refractivity contribution is -0.384. The molecule has 0 unspecified atom stereocenters. The van der Waals surface area contributed by atoms with Gasteiger partial charge in [-0.15, -0.1) is 11.3 Å². The van der Waals surface area contributed by atoms with E-state index in [-0.39, 0.29) is 11.4 Å². The van der Waals surface area contributed by atoms with Crippen molar-refractivity contribution >= 4 is 34.6 Å². The predicted octanol–water partition coefficient (Wildman–Crippen LogP) is 4.44. The van der Waals surface area contributed by atoms with Gasteiger partial charge in [0, 0.05) is 6.07 Å². The van der Waals surface area contributed by atoms with Crippen molar-refractivity contribution in [3.63, 3.8) is 0 Å². The molecular weight excluding hydrogens is 451 g/mol. The Morgan fingerprint density at radius 2 is 1.91 bits per heavy atom. The van der Waals surface area contributed by atoms with E-state index in [2.05, 4.69) is 10.4 Å². The predicted molar refractivity (Wildman–Crippen MR) is 119 cm³/mol. The number of para-hydroxylation sites is 1. The molecule has 0 bridgehead atoms. The van der Waals surface area contributed by atoms with E-state index in [1.807, 2.05) is 23.6 Å². The average Bonchev–Trinajstić information content (AvgIpc) is 3.49. The Kier molecular flexibility index (Phi) is 6.22. The highest BCUT2D eigenvalue weighted by atomic mass is 32.1. The molecule has 4 rings (SSSR count). The number of benzene rings is 2. The fourth-order valence-corrected chi connectivity index (χ4v) is 3.67. The highest BCUT2D eigenvalue weighted by Gasteiger charge is 2.22.